The SMILES string of the molecule is CCCC(N(C)C(CC(=O)O)C(=O)O)[SiH](OCC)OCC. The first-order chi connectivity index (χ1) is 9.88. The van der Waals surface area contributed by atoms with Crippen molar-refractivity contribution in [1.29, 1.82) is 0 Å². The zero-order chi connectivity index (χ0) is 16.4. The largest absolute Gasteiger partial charge is 0.481 e. The predicted octanol–water partition coefficient (Wildman–Crippen LogP) is 0.848. The van der Waals surface area contributed by atoms with E-state index in [4.69, 9.17) is 14.0 Å². The van der Waals surface area contributed by atoms with Crippen LogP contribution in [-0.4, -0.2) is 68.3 Å². The van der Waals surface area contributed by atoms with Crippen LogP contribution < -0.4 is 0 Å². The number of carbonyl (C=O) groups is 2. The number of likely N-dealkylation sites (N-methyl/N-ethyl adjacent to an activating group) is 1. The lowest BCUT2D eigenvalue weighted by atomic mass is 10.1. The number of rotatable bonds is 12. The second-order valence-electron chi connectivity index (χ2n) is 4.75. The van der Waals surface area contributed by atoms with Gasteiger partial charge in [0, 0.05) is 13.2 Å². The molecule has 0 saturated heterocycles. The van der Waals surface area contributed by atoms with Gasteiger partial charge < -0.3 is 19.1 Å². The standard InChI is InChI=1S/C13H27NO6Si/c1-5-8-11(21(19-6-2)20-7-3)14(4)10(13(17)18)9-12(15)16/h10-11,21H,5-9H2,1-4H3,(H,15,16)(H,17,18). The molecule has 0 bridgehead atoms. The Morgan fingerprint density at radius 3 is 2.00 bits per heavy atom. The summed E-state index contributed by atoms with van der Waals surface area (Å²) in [5, 5.41) is 18.2. The average Bonchev–Trinajstić information content (AvgIpc) is 2.41. The third-order valence-electron chi connectivity index (χ3n) is 3.23. The normalized spacial score (nSPS) is 14.4. The van der Waals surface area contributed by atoms with Crippen LogP contribution in [0.2, 0.25) is 0 Å². The van der Waals surface area contributed by atoms with Crippen LogP contribution in [0.1, 0.15) is 40.0 Å². The summed E-state index contributed by atoms with van der Waals surface area (Å²) >= 11 is 0. The van der Waals surface area contributed by atoms with Crippen LogP contribution in [0.4, 0.5) is 0 Å². The summed E-state index contributed by atoms with van der Waals surface area (Å²) < 4.78 is 11.4. The maximum Gasteiger partial charge on any atom is 0.339 e. The van der Waals surface area contributed by atoms with E-state index in [1.54, 1.807) is 11.9 Å². The maximum absolute atomic E-state index is 11.4. The highest BCUT2D eigenvalue weighted by Crippen LogP contribution is 2.16. The third-order valence-corrected chi connectivity index (χ3v) is 5.98. The molecule has 0 aliphatic carbocycles. The lowest BCUT2D eigenvalue weighted by Crippen LogP contribution is -2.54. The fraction of sp³-hybridized carbons (Fsp3) is 0.846. The van der Waals surface area contributed by atoms with Gasteiger partial charge >= 0.3 is 21.2 Å². The number of carboxylic acid groups (broad SMARTS) is 2. The molecule has 8 heteroatoms. The summed E-state index contributed by atoms with van der Waals surface area (Å²) in [6.07, 6.45) is 1.13. The Morgan fingerprint density at radius 1 is 1.14 bits per heavy atom. The molecule has 0 fully saturated rings. The molecule has 124 valence electrons. The van der Waals surface area contributed by atoms with E-state index in [-0.39, 0.29) is 5.67 Å². The van der Waals surface area contributed by atoms with Gasteiger partial charge in [-0.3, -0.25) is 14.5 Å². The summed E-state index contributed by atoms with van der Waals surface area (Å²) in [4.78, 5) is 23.8. The molecule has 21 heavy (non-hydrogen) atoms. The van der Waals surface area contributed by atoms with Gasteiger partial charge in [-0.1, -0.05) is 13.3 Å². The van der Waals surface area contributed by atoms with Gasteiger partial charge in [0.05, 0.1) is 12.1 Å². The molecule has 0 aromatic heterocycles. The first kappa shape index (κ1) is 20.0. The molecule has 2 N–H and O–H groups in total. The minimum absolute atomic E-state index is 0.171. The van der Waals surface area contributed by atoms with E-state index in [1.807, 2.05) is 20.8 Å². The van der Waals surface area contributed by atoms with Crippen LogP contribution in [0.25, 0.3) is 0 Å². The van der Waals surface area contributed by atoms with E-state index in [0.29, 0.717) is 13.2 Å². The zero-order valence-corrected chi connectivity index (χ0v) is 14.4. The maximum atomic E-state index is 11.4. The van der Waals surface area contributed by atoms with Gasteiger partial charge in [0.1, 0.15) is 6.04 Å². The first-order valence-corrected chi connectivity index (χ1v) is 8.89. The van der Waals surface area contributed by atoms with Crippen LogP contribution in [0.5, 0.6) is 0 Å². The number of aliphatic carboxylic acids is 2. The van der Waals surface area contributed by atoms with Crippen LogP contribution in [0.3, 0.4) is 0 Å². The summed E-state index contributed by atoms with van der Waals surface area (Å²) in [6, 6.07) is -1.07. The van der Waals surface area contributed by atoms with E-state index in [1.165, 1.54) is 0 Å². The van der Waals surface area contributed by atoms with Gasteiger partial charge in [-0.25, -0.2) is 0 Å². The predicted molar refractivity (Wildman–Crippen MR) is 80.5 cm³/mol. The average molecular weight is 321 g/mol. The van der Waals surface area contributed by atoms with Gasteiger partial charge in [0.2, 0.25) is 0 Å². The molecule has 0 spiro atoms. The number of hydrogen-bond donors (Lipinski definition) is 2. The Bertz CT molecular complexity index is 322. The van der Waals surface area contributed by atoms with Gasteiger partial charge in [0.25, 0.3) is 0 Å². The van der Waals surface area contributed by atoms with Crippen molar-refractivity contribution < 1.29 is 28.7 Å². The Kier molecular flexibility index (Phi) is 10.2. The molecule has 0 aliphatic heterocycles. The Hall–Kier alpha value is -0.963. The lowest BCUT2D eigenvalue weighted by Gasteiger charge is -2.35. The van der Waals surface area contributed by atoms with Crippen LogP contribution in [0, 0.1) is 0 Å². The molecule has 0 aliphatic rings. The molecule has 7 nitrogen and oxygen atoms in total. The molecule has 2 unspecified atom stereocenters. The van der Waals surface area contributed by atoms with E-state index in [0.717, 1.165) is 12.8 Å². The highest BCUT2D eigenvalue weighted by molar-refractivity contribution is 6.46. The van der Waals surface area contributed by atoms with Crippen LogP contribution in [-0.2, 0) is 18.4 Å². The Labute approximate surface area is 127 Å². The second kappa shape index (κ2) is 10.7. The molecule has 0 rings (SSSR count). The van der Waals surface area contributed by atoms with Crippen molar-refractivity contribution in [3.05, 3.63) is 0 Å². The minimum Gasteiger partial charge on any atom is -0.481 e. The van der Waals surface area contributed by atoms with E-state index in [9.17, 15) is 14.7 Å². The van der Waals surface area contributed by atoms with Gasteiger partial charge in [-0.05, 0) is 27.3 Å². The van der Waals surface area contributed by atoms with Crippen LogP contribution in [0.15, 0.2) is 0 Å². The fourth-order valence-electron chi connectivity index (χ4n) is 2.23. The molecular formula is C13H27NO6Si. The van der Waals surface area contributed by atoms with Crippen molar-refractivity contribution in [2.75, 3.05) is 20.3 Å². The summed E-state index contributed by atoms with van der Waals surface area (Å²) in [5.41, 5.74) is -0.171. The monoisotopic (exact) mass is 321 g/mol. The van der Waals surface area contributed by atoms with Gasteiger partial charge in [-0.15, -0.1) is 0 Å². The van der Waals surface area contributed by atoms with Crippen molar-refractivity contribution in [1.82, 2.24) is 4.90 Å². The van der Waals surface area contributed by atoms with Gasteiger partial charge in [-0.2, -0.15) is 0 Å². The molecule has 0 heterocycles. The van der Waals surface area contributed by atoms with Crippen LogP contribution >= 0.6 is 0 Å². The minimum atomic E-state index is -2.10. The summed E-state index contributed by atoms with van der Waals surface area (Å²) in [6.45, 7) is 6.74. The van der Waals surface area contributed by atoms with Crippen molar-refractivity contribution in [3.8, 4) is 0 Å². The molecule has 0 saturated carbocycles. The molecular weight excluding hydrogens is 294 g/mol. The van der Waals surface area contributed by atoms with Crippen molar-refractivity contribution in [2.45, 2.75) is 51.7 Å². The molecule has 2 atom stereocenters. The highest BCUT2D eigenvalue weighted by atomic mass is 28.3. The molecule has 0 aromatic carbocycles. The van der Waals surface area contributed by atoms with Crippen molar-refractivity contribution in [3.63, 3.8) is 0 Å². The highest BCUT2D eigenvalue weighted by Gasteiger charge is 2.36. The van der Waals surface area contributed by atoms with Crippen molar-refractivity contribution >= 4 is 21.2 Å². The van der Waals surface area contributed by atoms with Gasteiger partial charge in [0.15, 0.2) is 0 Å². The van der Waals surface area contributed by atoms with E-state index < -0.39 is 33.7 Å². The van der Waals surface area contributed by atoms with E-state index >= 15 is 0 Å². The fourth-order valence-corrected chi connectivity index (χ4v) is 4.62. The molecule has 0 radical (unpaired) electrons. The lowest BCUT2D eigenvalue weighted by molar-refractivity contribution is -0.149. The van der Waals surface area contributed by atoms with Crippen molar-refractivity contribution in [2.24, 2.45) is 0 Å². The Balaban J connectivity index is 5.17. The summed E-state index contributed by atoms with van der Waals surface area (Å²) in [5.74, 6) is -2.27. The number of nitrogens with zero attached hydrogens (tertiary/aromatic N) is 1. The topological polar surface area (TPSA) is 96.3 Å². The number of carboxylic acids is 2. The molecule has 0 amide bonds. The summed E-state index contributed by atoms with van der Waals surface area (Å²) in [7, 11) is -0.458. The molecule has 0 aromatic rings. The smallest absolute Gasteiger partial charge is 0.339 e. The third kappa shape index (κ3) is 7.03. The van der Waals surface area contributed by atoms with E-state index in [2.05, 4.69) is 0 Å². The Morgan fingerprint density at radius 2 is 1.67 bits per heavy atom. The first-order valence-electron chi connectivity index (χ1n) is 7.28. The quantitative estimate of drug-likeness (QED) is 0.514. The number of hydrogen-bond acceptors (Lipinski definition) is 5. The second-order valence-corrected chi connectivity index (χ2v) is 6.93. The zero-order valence-electron chi connectivity index (χ0n) is 13.2.